The van der Waals surface area contributed by atoms with E-state index in [4.69, 9.17) is 0 Å². The third-order valence-electron chi connectivity index (χ3n) is 2.09. The third-order valence-corrected chi connectivity index (χ3v) is 2.09. The summed E-state index contributed by atoms with van der Waals surface area (Å²) < 4.78 is 0. The summed E-state index contributed by atoms with van der Waals surface area (Å²) in [4.78, 5) is 8.37. The summed E-state index contributed by atoms with van der Waals surface area (Å²) in [6, 6.07) is 2.00. The Morgan fingerprint density at radius 1 is 1.08 bits per heavy atom. The van der Waals surface area contributed by atoms with E-state index < -0.39 is 0 Å². The van der Waals surface area contributed by atoms with E-state index in [9.17, 15) is 0 Å². The number of nitrogens with zero attached hydrogens (tertiary/aromatic N) is 2. The molecule has 2 nitrogen and oxygen atoms in total. The fourth-order valence-corrected chi connectivity index (χ4v) is 1.36. The molecule has 0 fully saturated rings. The summed E-state index contributed by atoms with van der Waals surface area (Å²) in [5.41, 5.74) is 2.25. The van der Waals surface area contributed by atoms with Gasteiger partial charge in [-0.1, -0.05) is 0 Å². The van der Waals surface area contributed by atoms with Crippen molar-refractivity contribution in [2.75, 3.05) is 0 Å². The van der Waals surface area contributed by atoms with Crippen LogP contribution in [0.5, 0.6) is 0 Å². The van der Waals surface area contributed by atoms with Crippen LogP contribution in [0.2, 0.25) is 0 Å². The summed E-state index contributed by atoms with van der Waals surface area (Å²) in [7, 11) is 0. The van der Waals surface area contributed by atoms with Crippen molar-refractivity contribution in [1.29, 1.82) is 0 Å². The molecule has 0 aliphatic rings. The first-order valence-corrected chi connectivity index (χ1v) is 3.95. The van der Waals surface area contributed by atoms with Crippen molar-refractivity contribution in [2.24, 2.45) is 0 Å². The molecule has 0 spiro atoms. The average molecular weight is 158 g/mol. The molecule has 2 rings (SSSR count). The van der Waals surface area contributed by atoms with Gasteiger partial charge in [-0.2, -0.15) is 0 Å². The Labute approximate surface area is 71.3 Å². The Morgan fingerprint density at radius 3 is 2.67 bits per heavy atom. The van der Waals surface area contributed by atoms with E-state index in [1.54, 1.807) is 6.20 Å². The standard InChI is InChI=1S/C10H10N2/c1-7-5-12-8(2)9-3-4-11-6-10(7)9/h3-6H,1-2H3. The zero-order chi connectivity index (χ0) is 8.55. The fourth-order valence-electron chi connectivity index (χ4n) is 1.36. The first-order valence-electron chi connectivity index (χ1n) is 3.95. The van der Waals surface area contributed by atoms with Crippen molar-refractivity contribution in [3.63, 3.8) is 0 Å². The van der Waals surface area contributed by atoms with Gasteiger partial charge >= 0.3 is 0 Å². The van der Waals surface area contributed by atoms with Crippen molar-refractivity contribution in [1.82, 2.24) is 9.97 Å². The van der Waals surface area contributed by atoms with Gasteiger partial charge in [0.2, 0.25) is 0 Å². The van der Waals surface area contributed by atoms with Crippen LogP contribution in [0.4, 0.5) is 0 Å². The molecule has 0 aromatic carbocycles. The first kappa shape index (κ1) is 7.22. The SMILES string of the molecule is Cc1cnc(C)c2ccncc12. The van der Waals surface area contributed by atoms with Gasteiger partial charge in [-0.15, -0.1) is 0 Å². The molecule has 2 heterocycles. The molecule has 2 aromatic heterocycles. The number of rotatable bonds is 0. The van der Waals surface area contributed by atoms with E-state index in [0.717, 1.165) is 5.69 Å². The van der Waals surface area contributed by atoms with Gasteiger partial charge in [-0.25, -0.2) is 0 Å². The van der Waals surface area contributed by atoms with Gasteiger partial charge in [-0.05, 0) is 25.5 Å². The highest BCUT2D eigenvalue weighted by Gasteiger charge is 1.99. The molecule has 2 heteroatoms. The molecule has 60 valence electrons. The molecule has 0 amide bonds. The topological polar surface area (TPSA) is 25.8 Å². The molecule has 12 heavy (non-hydrogen) atoms. The maximum absolute atomic E-state index is 4.28. The second-order valence-electron chi connectivity index (χ2n) is 2.95. The quantitative estimate of drug-likeness (QED) is 0.587. The van der Waals surface area contributed by atoms with Crippen LogP contribution in [0.25, 0.3) is 10.8 Å². The highest BCUT2D eigenvalue weighted by molar-refractivity contribution is 5.85. The predicted molar refractivity (Wildman–Crippen MR) is 49.0 cm³/mol. The lowest BCUT2D eigenvalue weighted by molar-refractivity contribution is 1.20. The van der Waals surface area contributed by atoms with E-state index >= 15 is 0 Å². The number of fused-ring (bicyclic) bond motifs is 1. The molecule has 0 N–H and O–H groups in total. The number of aromatic nitrogens is 2. The molecule has 0 saturated carbocycles. The molecule has 0 bridgehead atoms. The van der Waals surface area contributed by atoms with Gasteiger partial charge in [0.25, 0.3) is 0 Å². The van der Waals surface area contributed by atoms with Crippen molar-refractivity contribution in [2.45, 2.75) is 13.8 Å². The highest BCUT2D eigenvalue weighted by Crippen LogP contribution is 2.17. The number of hydrogen-bond acceptors (Lipinski definition) is 2. The molecule has 0 atom stereocenters. The van der Waals surface area contributed by atoms with Gasteiger partial charge in [0.1, 0.15) is 0 Å². The van der Waals surface area contributed by atoms with Crippen LogP contribution >= 0.6 is 0 Å². The molecule has 0 saturated heterocycles. The summed E-state index contributed by atoms with van der Waals surface area (Å²) in [5.74, 6) is 0. The van der Waals surface area contributed by atoms with E-state index in [-0.39, 0.29) is 0 Å². The second kappa shape index (κ2) is 2.55. The minimum atomic E-state index is 1.07. The number of aryl methyl sites for hydroxylation is 2. The lowest BCUT2D eigenvalue weighted by Gasteiger charge is -2.02. The Balaban J connectivity index is 2.95. The van der Waals surface area contributed by atoms with Gasteiger partial charge in [0.05, 0.1) is 0 Å². The number of hydrogen-bond donors (Lipinski definition) is 0. The molecule has 0 radical (unpaired) electrons. The van der Waals surface area contributed by atoms with Crippen molar-refractivity contribution in [3.8, 4) is 0 Å². The summed E-state index contributed by atoms with van der Waals surface area (Å²) in [6.45, 7) is 4.07. The van der Waals surface area contributed by atoms with Crippen molar-refractivity contribution in [3.05, 3.63) is 35.9 Å². The second-order valence-corrected chi connectivity index (χ2v) is 2.95. The Morgan fingerprint density at radius 2 is 1.92 bits per heavy atom. The van der Waals surface area contributed by atoms with E-state index in [1.165, 1.54) is 16.3 Å². The monoisotopic (exact) mass is 158 g/mol. The molecule has 0 unspecified atom stereocenters. The minimum absolute atomic E-state index is 1.07. The number of pyridine rings is 2. The van der Waals surface area contributed by atoms with Crippen LogP contribution in [0.3, 0.4) is 0 Å². The minimum Gasteiger partial charge on any atom is -0.264 e. The van der Waals surface area contributed by atoms with Crippen molar-refractivity contribution >= 4 is 10.8 Å². The summed E-state index contributed by atoms with van der Waals surface area (Å²) >= 11 is 0. The molecule has 2 aromatic rings. The maximum Gasteiger partial charge on any atom is 0.0452 e. The normalized spacial score (nSPS) is 10.5. The van der Waals surface area contributed by atoms with Crippen LogP contribution in [0, 0.1) is 13.8 Å². The lowest BCUT2D eigenvalue weighted by Crippen LogP contribution is -1.87. The third kappa shape index (κ3) is 0.961. The predicted octanol–water partition coefficient (Wildman–Crippen LogP) is 2.25. The van der Waals surface area contributed by atoms with Crippen molar-refractivity contribution < 1.29 is 0 Å². The summed E-state index contributed by atoms with van der Waals surface area (Å²) in [5, 5.41) is 2.40. The van der Waals surface area contributed by atoms with Gasteiger partial charge in [-0.3, -0.25) is 9.97 Å². The van der Waals surface area contributed by atoms with E-state index in [2.05, 4.69) is 16.9 Å². The van der Waals surface area contributed by atoms with E-state index in [1.807, 2.05) is 25.4 Å². The molecular weight excluding hydrogens is 148 g/mol. The molecule has 0 aliphatic carbocycles. The highest BCUT2D eigenvalue weighted by atomic mass is 14.7. The smallest absolute Gasteiger partial charge is 0.0452 e. The Hall–Kier alpha value is -1.44. The van der Waals surface area contributed by atoms with Crippen LogP contribution in [0.1, 0.15) is 11.3 Å². The molecular formula is C10H10N2. The largest absolute Gasteiger partial charge is 0.264 e. The first-order chi connectivity index (χ1) is 5.79. The van der Waals surface area contributed by atoms with Crippen LogP contribution < -0.4 is 0 Å². The lowest BCUT2D eigenvalue weighted by atomic mass is 10.1. The van der Waals surface area contributed by atoms with Crippen LogP contribution in [-0.4, -0.2) is 9.97 Å². The maximum atomic E-state index is 4.28. The molecule has 0 aliphatic heterocycles. The average Bonchev–Trinajstić information content (AvgIpc) is 2.12. The van der Waals surface area contributed by atoms with Gasteiger partial charge in [0, 0.05) is 35.1 Å². The zero-order valence-corrected chi connectivity index (χ0v) is 7.20. The zero-order valence-electron chi connectivity index (χ0n) is 7.20. The fraction of sp³-hybridized carbons (Fsp3) is 0.200. The summed E-state index contributed by atoms with van der Waals surface area (Å²) in [6.07, 6.45) is 5.58. The van der Waals surface area contributed by atoms with Gasteiger partial charge in [0.15, 0.2) is 0 Å². The van der Waals surface area contributed by atoms with Gasteiger partial charge < -0.3 is 0 Å². The van der Waals surface area contributed by atoms with Crippen LogP contribution in [0.15, 0.2) is 24.7 Å². The van der Waals surface area contributed by atoms with E-state index in [0.29, 0.717) is 0 Å². The Kier molecular flexibility index (Phi) is 1.54. The Bertz CT molecular complexity index is 381. The van der Waals surface area contributed by atoms with Crippen LogP contribution in [-0.2, 0) is 0 Å².